The predicted molar refractivity (Wildman–Crippen MR) is 116 cm³/mol. The van der Waals surface area contributed by atoms with Gasteiger partial charge in [-0.1, -0.05) is 28.1 Å². The molecule has 9 heteroatoms. The topological polar surface area (TPSA) is 84.3 Å². The first-order chi connectivity index (χ1) is 13.8. The van der Waals surface area contributed by atoms with Gasteiger partial charge in [0.1, 0.15) is 5.82 Å². The summed E-state index contributed by atoms with van der Waals surface area (Å²) >= 11 is 3.28. The molecule has 0 aliphatic heterocycles. The molecule has 0 radical (unpaired) electrons. The van der Waals surface area contributed by atoms with Crippen LogP contribution in [-0.4, -0.2) is 48.3 Å². The van der Waals surface area contributed by atoms with Crippen LogP contribution in [0, 0.1) is 6.92 Å². The molecule has 0 unspecified atom stereocenters. The molecule has 0 aliphatic rings. The highest BCUT2D eigenvalue weighted by Gasteiger charge is 2.22. The van der Waals surface area contributed by atoms with Crippen molar-refractivity contribution in [3.05, 3.63) is 58.8 Å². The molecule has 0 spiro atoms. The average Bonchev–Trinajstić information content (AvgIpc) is 3.00. The number of para-hydroxylation sites is 2. The van der Waals surface area contributed by atoms with Crippen LogP contribution in [0.25, 0.3) is 11.0 Å². The molecule has 7 nitrogen and oxygen atoms in total. The fourth-order valence-electron chi connectivity index (χ4n) is 3.07. The number of fused-ring (bicyclic) bond motifs is 1. The zero-order valence-corrected chi connectivity index (χ0v) is 18.7. The fourth-order valence-corrected chi connectivity index (χ4v) is 4.46. The molecule has 154 valence electrons. The lowest BCUT2D eigenvalue weighted by Crippen LogP contribution is -2.38. The molecule has 0 saturated heterocycles. The van der Waals surface area contributed by atoms with Crippen LogP contribution < -0.4 is 5.32 Å². The van der Waals surface area contributed by atoms with Gasteiger partial charge in [0.25, 0.3) is 0 Å². The number of imidazole rings is 1. The van der Waals surface area contributed by atoms with E-state index in [-0.39, 0.29) is 17.3 Å². The van der Waals surface area contributed by atoms with E-state index in [1.807, 2.05) is 31.2 Å². The van der Waals surface area contributed by atoms with E-state index in [2.05, 4.69) is 30.8 Å². The van der Waals surface area contributed by atoms with Gasteiger partial charge in [-0.3, -0.25) is 4.79 Å². The Labute approximate surface area is 178 Å². The second-order valence-electron chi connectivity index (χ2n) is 6.72. The number of amides is 1. The van der Waals surface area contributed by atoms with Crippen molar-refractivity contribution in [1.29, 1.82) is 0 Å². The summed E-state index contributed by atoms with van der Waals surface area (Å²) in [5.41, 5.74) is 2.02. The number of aromatic nitrogens is 2. The normalized spacial score (nSPS) is 11.9. The summed E-state index contributed by atoms with van der Waals surface area (Å²) in [7, 11) is -2.31. The third kappa shape index (κ3) is 5.04. The monoisotopic (exact) mass is 478 g/mol. The van der Waals surface area contributed by atoms with Crippen LogP contribution in [-0.2, 0) is 21.4 Å². The second-order valence-corrected chi connectivity index (χ2v) is 9.68. The van der Waals surface area contributed by atoms with E-state index >= 15 is 0 Å². The lowest BCUT2D eigenvalue weighted by Gasteiger charge is -2.17. The Morgan fingerprint density at radius 3 is 2.59 bits per heavy atom. The molecule has 1 N–H and O–H groups in total. The van der Waals surface area contributed by atoms with Crippen molar-refractivity contribution in [2.24, 2.45) is 0 Å². The van der Waals surface area contributed by atoms with Gasteiger partial charge in [-0.05, 0) is 49.7 Å². The molecule has 0 saturated carbocycles. The van der Waals surface area contributed by atoms with Crippen molar-refractivity contribution in [3.8, 4) is 0 Å². The van der Waals surface area contributed by atoms with Crippen molar-refractivity contribution >= 4 is 42.9 Å². The molecule has 29 heavy (non-hydrogen) atoms. The Morgan fingerprint density at radius 1 is 1.17 bits per heavy atom. The smallest absolute Gasteiger partial charge is 0.243 e. The van der Waals surface area contributed by atoms with Gasteiger partial charge in [-0.25, -0.2) is 13.4 Å². The SMILES string of the molecule is Cc1nc2ccccc2n1CCCNC(=O)CN(C)S(=O)(=O)c1ccc(Br)cc1. The number of likely N-dealkylation sites (N-methyl/N-ethyl adjacent to an activating group) is 1. The summed E-state index contributed by atoms with van der Waals surface area (Å²) in [6, 6.07) is 14.3. The number of halogens is 1. The molecule has 1 heterocycles. The van der Waals surface area contributed by atoms with Crippen LogP contribution in [0.1, 0.15) is 12.2 Å². The number of aryl methyl sites for hydroxylation is 2. The van der Waals surface area contributed by atoms with E-state index in [0.717, 1.165) is 38.6 Å². The number of sulfonamides is 1. The van der Waals surface area contributed by atoms with Crippen molar-refractivity contribution < 1.29 is 13.2 Å². The van der Waals surface area contributed by atoms with Gasteiger partial charge in [0.2, 0.25) is 15.9 Å². The van der Waals surface area contributed by atoms with Gasteiger partial charge in [0.15, 0.2) is 0 Å². The molecule has 0 atom stereocenters. The summed E-state index contributed by atoms with van der Waals surface area (Å²) in [4.78, 5) is 16.9. The maximum atomic E-state index is 12.5. The molecule has 3 aromatic rings. The first-order valence-corrected chi connectivity index (χ1v) is 11.4. The van der Waals surface area contributed by atoms with Gasteiger partial charge in [-0.15, -0.1) is 0 Å². The number of rotatable bonds is 8. The highest BCUT2D eigenvalue weighted by molar-refractivity contribution is 9.10. The van der Waals surface area contributed by atoms with Crippen LogP contribution in [0.4, 0.5) is 0 Å². The summed E-state index contributed by atoms with van der Waals surface area (Å²) in [6.45, 7) is 2.91. The molecular formula is C20H23BrN4O3S. The lowest BCUT2D eigenvalue weighted by molar-refractivity contribution is -0.121. The van der Waals surface area contributed by atoms with Crippen LogP contribution in [0.15, 0.2) is 57.9 Å². The van der Waals surface area contributed by atoms with E-state index < -0.39 is 10.0 Å². The van der Waals surface area contributed by atoms with E-state index in [0.29, 0.717) is 6.54 Å². The Bertz CT molecular complexity index is 1110. The van der Waals surface area contributed by atoms with Gasteiger partial charge in [0.05, 0.1) is 22.5 Å². The van der Waals surface area contributed by atoms with Crippen LogP contribution in [0.3, 0.4) is 0 Å². The minimum absolute atomic E-state index is 0.151. The number of hydrogen-bond acceptors (Lipinski definition) is 4. The zero-order chi connectivity index (χ0) is 21.0. The highest BCUT2D eigenvalue weighted by Crippen LogP contribution is 2.18. The Morgan fingerprint density at radius 2 is 1.86 bits per heavy atom. The summed E-state index contributed by atoms with van der Waals surface area (Å²) in [5, 5.41) is 2.79. The maximum absolute atomic E-state index is 12.5. The minimum Gasteiger partial charge on any atom is -0.355 e. The molecule has 2 aromatic carbocycles. The lowest BCUT2D eigenvalue weighted by atomic mass is 10.3. The quantitative estimate of drug-likeness (QED) is 0.504. The molecular weight excluding hydrogens is 456 g/mol. The number of nitrogens with one attached hydrogen (secondary N) is 1. The third-order valence-corrected chi connectivity index (χ3v) is 6.96. The number of nitrogens with zero attached hydrogens (tertiary/aromatic N) is 3. The van der Waals surface area contributed by atoms with Crippen molar-refractivity contribution in [2.45, 2.75) is 24.8 Å². The van der Waals surface area contributed by atoms with Crippen molar-refractivity contribution in [2.75, 3.05) is 20.1 Å². The zero-order valence-electron chi connectivity index (χ0n) is 16.3. The van der Waals surface area contributed by atoms with Crippen LogP contribution in [0.2, 0.25) is 0 Å². The summed E-state index contributed by atoms with van der Waals surface area (Å²) in [5.74, 6) is 0.596. The van der Waals surface area contributed by atoms with Crippen LogP contribution in [0.5, 0.6) is 0 Å². The van der Waals surface area contributed by atoms with Gasteiger partial charge >= 0.3 is 0 Å². The minimum atomic E-state index is -3.71. The van der Waals surface area contributed by atoms with Crippen LogP contribution >= 0.6 is 15.9 Å². The van der Waals surface area contributed by atoms with E-state index in [1.54, 1.807) is 12.1 Å². The summed E-state index contributed by atoms with van der Waals surface area (Å²) in [6.07, 6.45) is 0.718. The van der Waals surface area contributed by atoms with E-state index in [1.165, 1.54) is 19.2 Å². The number of carbonyl (C=O) groups is 1. The van der Waals surface area contributed by atoms with E-state index in [4.69, 9.17) is 0 Å². The Kier molecular flexibility index (Phi) is 6.71. The molecule has 1 aromatic heterocycles. The number of carbonyl (C=O) groups excluding carboxylic acids is 1. The van der Waals surface area contributed by atoms with Gasteiger partial charge in [0, 0.05) is 24.6 Å². The molecule has 3 rings (SSSR count). The fraction of sp³-hybridized carbons (Fsp3) is 0.300. The first kappa shape index (κ1) is 21.5. The Balaban J connectivity index is 1.50. The molecule has 0 bridgehead atoms. The predicted octanol–water partition coefficient (Wildman–Crippen LogP) is 2.93. The summed E-state index contributed by atoms with van der Waals surface area (Å²) < 4.78 is 29.1. The second kappa shape index (κ2) is 9.06. The average molecular weight is 479 g/mol. The van der Waals surface area contributed by atoms with Crippen molar-refractivity contribution in [1.82, 2.24) is 19.2 Å². The molecule has 0 fully saturated rings. The van der Waals surface area contributed by atoms with E-state index in [9.17, 15) is 13.2 Å². The molecule has 0 aliphatic carbocycles. The number of hydrogen-bond donors (Lipinski definition) is 1. The first-order valence-electron chi connectivity index (χ1n) is 9.19. The molecule has 1 amide bonds. The Hall–Kier alpha value is -2.23. The van der Waals surface area contributed by atoms with Crippen molar-refractivity contribution in [3.63, 3.8) is 0 Å². The number of benzene rings is 2. The third-order valence-electron chi connectivity index (χ3n) is 4.61. The maximum Gasteiger partial charge on any atom is 0.243 e. The standard InChI is InChI=1S/C20H23BrN4O3S/c1-15-23-18-6-3-4-7-19(18)25(15)13-5-12-22-20(26)14-24(2)29(27,28)17-10-8-16(21)9-11-17/h3-4,6-11H,5,12-14H2,1-2H3,(H,22,26). The van der Waals surface area contributed by atoms with Gasteiger partial charge in [-0.2, -0.15) is 4.31 Å². The van der Waals surface area contributed by atoms with Gasteiger partial charge < -0.3 is 9.88 Å². The largest absolute Gasteiger partial charge is 0.355 e. The highest BCUT2D eigenvalue weighted by atomic mass is 79.9.